The monoisotopic (exact) mass is 305 g/mol. The minimum absolute atomic E-state index is 0.110. The van der Waals surface area contributed by atoms with E-state index in [4.69, 9.17) is 17.4 Å². The number of nitrogens with zero attached hydrogens (tertiary/aromatic N) is 2. The number of hydrogen-bond donors (Lipinski definition) is 3. The van der Waals surface area contributed by atoms with Gasteiger partial charge in [-0.2, -0.15) is 0 Å². The van der Waals surface area contributed by atoms with Gasteiger partial charge in [-0.3, -0.25) is 10.6 Å². The summed E-state index contributed by atoms with van der Waals surface area (Å²) in [5.41, 5.74) is 3.62. The summed E-state index contributed by atoms with van der Waals surface area (Å²) in [6, 6.07) is 6.80. The standard InChI is InChI=1S/C14H16ClN5O/c1-8(2)13-17-7-11(20-16)12(19-13)14(21)18-10-5-3-9(15)4-6-10/h3-8,20H,16H2,1-2H3,(H,18,21). The van der Waals surface area contributed by atoms with E-state index in [0.29, 0.717) is 22.2 Å². The molecule has 7 heteroatoms. The summed E-state index contributed by atoms with van der Waals surface area (Å²) in [6.45, 7) is 3.90. The van der Waals surface area contributed by atoms with Gasteiger partial charge in [0.15, 0.2) is 5.69 Å². The summed E-state index contributed by atoms with van der Waals surface area (Å²) in [6.07, 6.45) is 1.50. The third-order valence-electron chi connectivity index (χ3n) is 2.80. The third-order valence-corrected chi connectivity index (χ3v) is 3.05. The lowest BCUT2D eigenvalue weighted by Gasteiger charge is -2.11. The lowest BCUT2D eigenvalue weighted by Crippen LogP contribution is -2.20. The fraction of sp³-hybridized carbons (Fsp3) is 0.214. The van der Waals surface area contributed by atoms with E-state index in [1.54, 1.807) is 24.3 Å². The lowest BCUT2D eigenvalue weighted by molar-refractivity contribution is 0.102. The number of halogens is 1. The van der Waals surface area contributed by atoms with Crippen molar-refractivity contribution in [3.8, 4) is 0 Å². The second kappa shape index (κ2) is 6.51. The molecule has 0 saturated heterocycles. The molecule has 0 spiro atoms. The Kier molecular flexibility index (Phi) is 4.72. The van der Waals surface area contributed by atoms with Gasteiger partial charge in [-0.15, -0.1) is 0 Å². The van der Waals surface area contributed by atoms with Crippen LogP contribution in [0.1, 0.15) is 36.1 Å². The van der Waals surface area contributed by atoms with Crippen molar-refractivity contribution >= 4 is 28.9 Å². The van der Waals surface area contributed by atoms with Crippen LogP contribution in [-0.4, -0.2) is 15.9 Å². The summed E-state index contributed by atoms with van der Waals surface area (Å²) in [5, 5.41) is 3.34. The van der Waals surface area contributed by atoms with E-state index in [1.807, 2.05) is 13.8 Å². The first kappa shape index (κ1) is 15.2. The van der Waals surface area contributed by atoms with Gasteiger partial charge >= 0.3 is 0 Å². The highest BCUT2D eigenvalue weighted by Gasteiger charge is 2.16. The largest absolute Gasteiger partial charge is 0.321 e. The van der Waals surface area contributed by atoms with E-state index in [1.165, 1.54) is 6.20 Å². The van der Waals surface area contributed by atoms with Gasteiger partial charge < -0.3 is 10.7 Å². The molecule has 6 nitrogen and oxygen atoms in total. The Balaban J connectivity index is 2.28. The molecule has 1 amide bonds. The van der Waals surface area contributed by atoms with E-state index in [2.05, 4.69) is 20.7 Å². The van der Waals surface area contributed by atoms with Gasteiger partial charge in [0, 0.05) is 16.6 Å². The summed E-state index contributed by atoms with van der Waals surface area (Å²) < 4.78 is 0. The Hall–Kier alpha value is -2.18. The molecule has 0 unspecified atom stereocenters. The zero-order chi connectivity index (χ0) is 15.4. The van der Waals surface area contributed by atoms with Crippen molar-refractivity contribution in [3.05, 3.63) is 47.0 Å². The lowest BCUT2D eigenvalue weighted by atomic mass is 10.2. The number of nitrogen functional groups attached to an aromatic ring is 1. The summed E-state index contributed by atoms with van der Waals surface area (Å²) in [7, 11) is 0. The first-order valence-electron chi connectivity index (χ1n) is 6.41. The number of hydrazine groups is 1. The van der Waals surface area contributed by atoms with Gasteiger partial charge in [-0.05, 0) is 24.3 Å². The second-order valence-electron chi connectivity index (χ2n) is 4.75. The number of carbonyl (C=O) groups excluding carboxylic acids is 1. The van der Waals surface area contributed by atoms with Crippen molar-refractivity contribution in [3.63, 3.8) is 0 Å². The molecule has 2 rings (SSSR count). The van der Waals surface area contributed by atoms with Gasteiger partial charge in [-0.1, -0.05) is 25.4 Å². The molecule has 0 atom stereocenters. The van der Waals surface area contributed by atoms with Crippen molar-refractivity contribution in [2.75, 3.05) is 10.7 Å². The Labute approximate surface area is 127 Å². The number of nitrogens with one attached hydrogen (secondary N) is 2. The molecular weight excluding hydrogens is 290 g/mol. The average molecular weight is 306 g/mol. The molecule has 0 fully saturated rings. The van der Waals surface area contributed by atoms with Crippen LogP contribution in [0, 0.1) is 0 Å². The van der Waals surface area contributed by atoms with E-state index >= 15 is 0 Å². The highest BCUT2D eigenvalue weighted by atomic mass is 35.5. The van der Waals surface area contributed by atoms with Gasteiger partial charge in [0.25, 0.3) is 5.91 Å². The Morgan fingerprint density at radius 2 is 1.95 bits per heavy atom. The summed E-state index contributed by atoms with van der Waals surface area (Å²) in [4.78, 5) is 20.7. The first-order chi connectivity index (χ1) is 10.0. The molecule has 0 aliphatic rings. The van der Waals surface area contributed by atoms with Gasteiger partial charge in [0.2, 0.25) is 0 Å². The molecule has 2 aromatic rings. The minimum Gasteiger partial charge on any atom is -0.321 e. The Morgan fingerprint density at radius 1 is 1.29 bits per heavy atom. The van der Waals surface area contributed by atoms with E-state index in [0.717, 1.165) is 0 Å². The van der Waals surface area contributed by atoms with Crippen LogP contribution in [0.4, 0.5) is 11.4 Å². The molecule has 1 aromatic carbocycles. The molecule has 110 valence electrons. The fourth-order valence-electron chi connectivity index (χ4n) is 1.68. The van der Waals surface area contributed by atoms with Crippen molar-refractivity contribution in [2.24, 2.45) is 5.84 Å². The number of anilines is 2. The summed E-state index contributed by atoms with van der Waals surface area (Å²) >= 11 is 5.81. The molecule has 0 bridgehead atoms. The van der Waals surface area contributed by atoms with Gasteiger partial charge in [-0.25, -0.2) is 9.97 Å². The van der Waals surface area contributed by atoms with Crippen LogP contribution >= 0.6 is 11.6 Å². The molecule has 0 aliphatic carbocycles. The minimum atomic E-state index is -0.366. The maximum atomic E-state index is 12.3. The molecule has 0 radical (unpaired) electrons. The van der Waals surface area contributed by atoms with E-state index in [-0.39, 0.29) is 17.5 Å². The maximum absolute atomic E-state index is 12.3. The predicted molar refractivity (Wildman–Crippen MR) is 83.3 cm³/mol. The quantitative estimate of drug-likeness (QED) is 0.596. The van der Waals surface area contributed by atoms with Crippen LogP contribution in [0.25, 0.3) is 0 Å². The molecule has 0 aliphatic heterocycles. The molecule has 21 heavy (non-hydrogen) atoms. The van der Waals surface area contributed by atoms with Crippen LogP contribution in [0.15, 0.2) is 30.5 Å². The predicted octanol–water partition coefficient (Wildman–Crippen LogP) is 2.79. The molecule has 4 N–H and O–H groups in total. The number of benzene rings is 1. The number of carbonyl (C=O) groups is 1. The van der Waals surface area contributed by atoms with Crippen LogP contribution in [0.3, 0.4) is 0 Å². The molecule has 1 heterocycles. The van der Waals surface area contributed by atoms with Crippen LogP contribution < -0.4 is 16.6 Å². The smallest absolute Gasteiger partial charge is 0.276 e. The Morgan fingerprint density at radius 3 is 2.52 bits per heavy atom. The number of hydrogen-bond acceptors (Lipinski definition) is 5. The zero-order valence-corrected chi connectivity index (χ0v) is 12.5. The van der Waals surface area contributed by atoms with Gasteiger partial charge in [0.1, 0.15) is 5.82 Å². The number of nitrogens with two attached hydrogens (primary N) is 1. The fourth-order valence-corrected chi connectivity index (χ4v) is 1.80. The van der Waals surface area contributed by atoms with Crippen LogP contribution in [0.5, 0.6) is 0 Å². The van der Waals surface area contributed by atoms with E-state index in [9.17, 15) is 4.79 Å². The van der Waals surface area contributed by atoms with Crippen molar-refractivity contribution in [1.29, 1.82) is 0 Å². The number of rotatable bonds is 4. The SMILES string of the molecule is CC(C)c1ncc(NN)c(C(=O)Nc2ccc(Cl)cc2)n1. The molecule has 0 saturated carbocycles. The average Bonchev–Trinajstić information content (AvgIpc) is 2.48. The molecule has 1 aromatic heterocycles. The van der Waals surface area contributed by atoms with Crippen LogP contribution in [0.2, 0.25) is 5.02 Å². The highest BCUT2D eigenvalue weighted by molar-refractivity contribution is 6.30. The normalized spacial score (nSPS) is 10.5. The third kappa shape index (κ3) is 3.68. The second-order valence-corrected chi connectivity index (χ2v) is 5.19. The first-order valence-corrected chi connectivity index (χ1v) is 6.79. The van der Waals surface area contributed by atoms with Crippen molar-refractivity contribution in [1.82, 2.24) is 9.97 Å². The highest BCUT2D eigenvalue weighted by Crippen LogP contribution is 2.18. The number of aromatic nitrogens is 2. The summed E-state index contributed by atoms with van der Waals surface area (Å²) in [5.74, 6) is 5.72. The van der Waals surface area contributed by atoms with Crippen molar-refractivity contribution < 1.29 is 4.79 Å². The Bertz CT molecular complexity index is 642. The van der Waals surface area contributed by atoms with Gasteiger partial charge in [0.05, 0.1) is 11.9 Å². The number of amides is 1. The van der Waals surface area contributed by atoms with Crippen LogP contribution in [-0.2, 0) is 0 Å². The maximum Gasteiger partial charge on any atom is 0.276 e. The topological polar surface area (TPSA) is 92.9 Å². The zero-order valence-electron chi connectivity index (χ0n) is 11.7. The van der Waals surface area contributed by atoms with Crippen molar-refractivity contribution in [2.45, 2.75) is 19.8 Å². The molecular formula is C14H16ClN5O. The van der Waals surface area contributed by atoms with E-state index < -0.39 is 0 Å².